The maximum Gasteiger partial charge on any atom is 0.217 e. The van der Waals surface area contributed by atoms with Gasteiger partial charge in [-0.05, 0) is 42.2 Å². The lowest BCUT2D eigenvalue weighted by molar-refractivity contribution is -0.119. The highest BCUT2D eigenvalue weighted by Crippen LogP contribution is 2.31. The van der Waals surface area contributed by atoms with E-state index in [1.165, 1.54) is 0 Å². The molecule has 0 radical (unpaired) electrons. The van der Waals surface area contributed by atoms with Crippen molar-refractivity contribution in [1.82, 2.24) is 0 Å². The van der Waals surface area contributed by atoms with E-state index in [1.54, 1.807) is 7.11 Å². The van der Waals surface area contributed by atoms with Crippen molar-refractivity contribution in [2.75, 3.05) is 7.11 Å². The third kappa shape index (κ3) is 3.87. The molecule has 0 aliphatic rings. The molecule has 0 aliphatic carbocycles. The van der Waals surface area contributed by atoms with Crippen LogP contribution >= 0.6 is 11.6 Å². The van der Waals surface area contributed by atoms with Crippen LogP contribution in [-0.2, 0) is 15.1 Å². The zero-order valence-corrected chi connectivity index (χ0v) is 13.6. The minimum absolute atomic E-state index is 0.295. The first-order valence-electron chi connectivity index (χ1n) is 7.14. The second kappa shape index (κ2) is 6.95. The number of hydrogen-bond acceptors (Lipinski definition) is 2. The Hall–Kier alpha value is -1.84. The Morgan fingerprint density at radius 2 is 1.59 bits per heavy atom. The van der Waals surface area contributed by atoms with Gasteiger partial charge in [0, 0.05) is 18.6 Å². The fraction of sp³-hybridized carbons (Fsp3) is 0.278. The molecule has 0 saturated heterocycles. The van der Waals surface area contributed by atoms with Crippen molar-refractivity contribution in [3.8, 4) is 11.1 Å². The van der Waals surface area contributed by atoms with Crippen LogP contribution in [0.15, 0.2) is 48.5 Å². The summed E-state index contributed by atoms with van der Waals surface area (Å²) in [5, 5.41) is 0.721. The van der Waals surface area contributed by atoms with Crippen LogP contribution in [0, 0.1) is 0 Å². The van der Waals surface area contributed by atoms with Crippen molar-refractivity contribution in [3.05, 3.63) is 59.1 Å². The summed E-state index contributed by atoms with van der Waals surface area (Å²) in [4.78, 5) is 11.0. The molecule has 2 rings (SSSR count). The fourth-order valence-corrected chi connectivity index (χ4v) is 2.51. The first kappa shape index (κ1) is 16.5. The van der Waals surface area contributed by atoms with Crippen LogP contribution in [0.1, 0.15) is 25.3 Å². The van der Waals surface area contributed by atoms with E-state index in [9.17, 15) is 4.79 Å². The number of carbonyl (C=O) groups excluding carboxylic acids is 1. The molecule has 22 heavy (non-hydrogen) atoms. The van der Waals surface area contributed by atoms with E-state index in [-0.39, 0.29) is 5.91 Å². The zero-order chi connectivity index (χ0) is 16.2. The van der Waals surface area contributed by atoms with Crippen LogP contribution in [0.5, 0.6) is 0 Å². The molecule has 0 aliphatic heterocycles. The molecule has 3 nitrogen and oxygen atoms in total. The van der Waals surface area contributed by atoms with Gasteiger partial charge in [0.25, 0.3) is 0 Å². The van der Waals surface area contributed by atoms with Gasteiger partial charge in [-0.2, -0.15) is 0 Å². The standard InChI is InChI=1S/C18H20ClNO2/c1-18(22-2,12-11-17(20)21)15-7-3-13(4-8-15)14-5-9-16(19)10-6-14/h3-10H,11-12H2,1-2H3,(H2,20,21). The van der Waals surface area contributed by atoms with E-state index in [1.807, 2.05) is 55.5 Å². The summed E-state index contributed by atoms with van der Waals surface area (Å²) < 4.78 is 5.61. The summed E-state index contributed by atoms with van der Waals surface area (Å²) in [5.41, 5.74) is 7.95. The molecule has 0 saturated carbocycles. The zero-order valence-electron chi connectivity index (χ0n) is 12.8. The molecule has 1 atom stereocenters. The molecule has 2 N–H and O–H groups in total. The molecular weight excluding hydrogens is 298 g/mol. The van der Waals surface area contributed by atoms with E-state index in [0.717, 1.165) is 21.7 Å². The Kier molecular flexibility index (Phi) is 5.22. The van der Waals surface area contributed by atoms with Crippen LogP contribution in [0.4, 0.5) is 0 Å². The second-order valence-electron chi connectivity index (χ2n) is 5.49. The first-order valence-corrected chi connectivity index (χ1v) is 7.52. The Morgan fingerprint density at radius 1 is 1.09 bits per heavy atom. The molecule has 1 amide bonds. The molecule has 0 fully saturated rings. The highest BCUT2D eigenvalue weighted by molar-refractivity contribution is 6.30. The van der Waals surface area contributed by atoms with Gasteiger partial charge in [0.2, 0.25) is 5.91 Å². The maximum absolute atomic E-state index is 11.0. The van der Waals surface area contributed by atoms with Gasteiger partial charge >= 0.3 is 0 Å². The molecule has 2 aromatic rings. The molecule has 0 spiro atoms. The number of amides is 1. The number of benzene rings is 2. The second-order valence-corrected chi connectivity index (χ2v) is 5.92. The Morgan fingerprint density at radius 3 is 2.05 bits per heavy atom. The largest absolute Gasteiger partial charge is 0.374 e. The highest BCUT2D eigenvalue weighted by Gasteiger charge is 2.26. The van der Waals surface area contributed by atoms with Crippen molar-refractivity contribution >= 4 is 17.5 Å². The van der Waals surface area contributed by atoms with Crippen LogP contribution in [0.25, 0.3) is 11.1 Å². The number of nitrogens with two attached hydrogens (primary N) is 1. The highest BCUT2D eigenvalue weighted by atomic mass is 35.5. The predicted octanol–water partition coefficient (Wildman–Crippen LogP) is 4.13. The van der Waals surface area contributed by atoms with Gasteiger partial charge in [-0.15, -0.1) is 0 Å². The van der Waals surface area contributed by atoms with E-state index in [0.29, 0.717) is 12.8 Å². The van der Waals surface area contributed by atoms with Crippen molar-refractivity contribution in [2.45, 2.75) is 25.4 Å². The van der Waals surface area contributed by atoms with Gasteiger partial charge in [-0.1, -0.05) is 48.0 Å². The minimum Gasteiger partial charge on any atom is -0.374 e. The summed E-state index contributed by atoms with van der Waals surface area (Å²) in [6.45, 7) is 1.97. The normalized spacial score (nSPS) is 13.6. The first-order chi connectivity index (χ1) is 10.4. The number of hydrogen-bond donors (Lipinski definition) is 1. The quantitative estimate of drug-likeness (QED) is 0.870. The average molecular weight is 318 g/mol. The van der Waals surface area contributed by atoms with E-state index >= 15 is 0 Å². The monoisotopic (exact) mass is 317 g/mol. The predicted molar refractivity (Wildman–Crippen MR) is 89.7 cm³/mol. The van der Waals surface area contributed by atoms with Crippen LogP contribution < -0.4 is 5.73 Å². The van der Waals surface area contributed by atoms with E-state index < -0.39 is 5.60 Å². The van der Waals surface area contributed by atoms with Crippen molar-refractivity contribution in [1.29, 1.82) is 0 Å². The van der Waals surface area contributed by atoms with Gasteiger partial charge in [0.15, 0.2) is 0 Å². The third-order valence-corrected chi connectivity index (χ3v) is 4.22. The van der Waals surface area contributed by atoms with Gasteiger partial charge in [-0.25, -0.2) is 0 Å². The number of carbonyl (C=O) groups is 1. The van der Waals surface area contributed by atoms with Gasteiger partial charge in [0.1, 0.15) is 0 Å². The van der Waals surface area contributed by atoms with Crippen molar-refractivity contribution < 1.29 is 9.53 Å². The molecule has 116 valence electrons. The smallest absolute Gasteiger partial charge is 0.217 e. The van der Waals surface area contributed by atoms with Crippen molar-refractivity contribution in [2.24, 2.45) is 5.73 Å². The number of ether oxygens (including phenoxy) is 1. The lowest BCUT2D eigenvalue weighted by Gasteiger charge is -2.28. The van der Waals surface area contributed by atoms with E-state index in [2.05, 4.69) is 0 Å². The summed E-state index contributed by atoms with van der Waals surface area (Å²) in [5.74, 6) is -0.318. The topological polar surface area (TPSA) is 52.3 Å². The van der Waals surface area contributed by atoms with Crippen LogP contribution in [-0.4, -0.2) is 13.0 Å². The van der Waals surface area contributed by atoms with Gasteiger partial charge in [-0.3, -0.25) is 4.79 Å². The number of halogens is 1. The summed E-state index contributed by atoms with van der Waals surface area (Å²) in [6, 6.07) is 15.8. The molecule has 0 aromatic heterocycles. The molecule has 0 heterocycles. The van der Waals surface area contributed by atoms with Crippen LogP contribution in [0.2, 0.25) is 5.02 Å². The lowest BCUT2D eigenvalue weighted by atomic mass is 9.89. The van der Waals surface area contributed by atoms with E-state index in [4.69, 9.17) is 22.1 Å². The maximum atomic E-state index is 11.0. The summed E-state index contributed by atoms with van der Waals surface area (Å²) in [7, 11) is 1.65. The lowest BCUT2D eigenvalue weighted by Crippen LogP contribution is -2.26. The van der Waals surface area contributed by atoms with Crippen LogP contribution in [0.3, 0.4) is 0 Å². The fourth-order valence-electron chi connectivity index (χ4n) is 2.38. The molecular formula is C18H20ClNO2. The number of rotatable bonds is 6. The molecule has 2 aromatic carbocycles. The average Bonchev–Trinajstić information content (AvgIpc) is 2.53. The Balaban J connectivity index is 2.22. The molecule has 1 unspecified atom stereocenters. The minimum atomic E-state index is -0.520. The third-order valence-electron chi connectivity index (χ3n) is 3.97. The SMILES string of the molecule is COC(C)(CCC(N)=O)c1ccc(-c2ccc(Cl)cc2)cc1. The summed E-state index contributed by atoms with van der Waals surface area (Å²) in [6.07, 6.45) is 0.850. The van der Waals surface area contributed by atoms with Crippen molar-refractivity contribution in [3.63, 3.8) is 0 Å². The molecule has 4 heteroatoms. The number of methoxy groups -OCH3 is 1. The van der Waals surface area contributed by atoms with Gasteiger partial charge in [0.05, 0.1) is 5.60 Å². The number of primary amides is 1. The Bertz CT molecular complexity index is 637. The van der Waals surface area contributed by atoms with Gasteiger partial charge < -0.3 is 10.5 Å². The Labute approximate surface area is 136 Å². The molecule has 0 bridgehead atoms. The summed E-state index contributed by atoms with van der Waals surface area (Å²) >= 11 is 5.91.